The van der Waals surface area contributed by atoms with Gasteiger partial charge in [-0.1, -0.05) is 0 Å². The molecule has 0 aromatic carbocycles. The first-order valence-corrected chi connectivity index (χ1v) is 2.97. The Kier molecular flexibility index (Phi) is 2.33. The van der Waals surface area contributed by atoms with Gasteiger partial charge in [-0.3, -0.25) is 0 Å². The van der Waals surface area contributed by atoms with Gasteiger partial charge in [0.15, 0.2) is 17.7 Å². The quantitative estimate of drug-likeness (QED) is 0.670. The number of alkyl halides is 2. The van der Waals surface area contributed by atoms with E-state index in [1.807, 2.05) is 0 Å². The molecule has 1 radical (unpaired) electrons. The maximum atomic E-state index is 12.5. The SMILES string of the molecule is N#Cc1c(F)[c]nn1CC(F)F. The van der Waals surface area contributed by atoms with E-state index in [9.17, 15) is 13.2 Å². The predicted molar refractivity (Wildman–Crippen MR) is 31.7 cm³/mol. The van der Waals surface area contributed by atoms with E-state index in [2.05, 4.69) is 5.10 Å². The van der Waals surface area contributed by atoms with Gasteiger partial charge in [0.2, 0.25) is 0 Å². The van der Waals surface area contributed by atoms with E-state index in [4.69, 9.17) is 5.26 Å². The second-order valence-electron chi connectivity index (χ2n) is 1.96. The van der Waals surface area contributed by atoms with Crippen molar-refractivity contribution in [1.29, 1.82) is 5.26 Å². The van der Waals surface area contributed by atoms with Gasteiger partial charge < -0.3 is 0 Å². The molecular weight excluding hydrogens is 171 g/mol. The highest BCUT2D eigenvalue weighted by Gasteiger charge is 2.13. The number of hydrogen-bond acceptors (Lipinski definition) is 2. The van der Waals surface area contributed by atoms with Crippen molar-refractivity contribution in [2.75, 3.05) is 0 Å². The van der Waals surface area contributed by atoms with Crippen molar-refractivity contribution in [3.05, 3.63) is 17.7 Å². The van der Waals surface area contributed by atoms with Crippen LogP contribution in [0.3, 0.4) is 0 Å². The summed E-state index contributed by atoms with van der Waals surface area (Å²) in [5.41, 5.74) is -0.518. The third-order valence-electron chi connectivity index (χ3n) is 1.15. The number of hydrogen-bond donors (Lipinski definition) is 0. The van der Waals surface area contributed by atoms with E-state index >= 15 is 0 Å². The van der Waals surface area contributed by atoms with E-state index < -0.39 is 24.5 Å². The molecule has 0 spiro atoms. The van der Waals surface area contributed by atoms with Crippen molar-refractivity contribution in [3.8, 4) is 6.07 Å². The maximum Gasteiger partial charge on any atom is 0.257 e. The lowest BCUT2D eigenvalue weighted by Gasteiger charge is -1.99. The third-order valence-corrected chi connectivity index (χ3v) is 1.15. The second-order valence-corrected chi connectivity index (χ2v) is 1.96. The van der Waals surface area contributed by atoms with Crippen molar-refractivity contribution in [2.45, 2.75) is 13.0 Å². The van der Waals surface area contributed by atoms with Gasteiger partial charge >= 0.3 is 0 Å². The summed E-state index contributed by atoms with van der Waals surface area (Å²) in [7, 11) is 0. The fraction of sp³-hybridized carbons (Fsp3) is 0.333. The summed E-state index contributed by atoms with van der Waals surface area (Å²) in [6, 6.07) is 1.41. The highest BCUT2D eigenvalue weighted by Crippen LogP contribution is 2.06. The first-order chi connectivity index (χ1) is 5.65. The predicted octanol–water partition coefficient (Wildman–Crippen LogP) is 0.959. The molecule has 0 aliphatic rings. The molecule has 0 fully saturated rings. The van der Waals surface area contributed by atoms with Crippen molar-refractivity contribution >= 4 is 0 Å². The van der Waals surface area contributed by atoms with Gasteiger partial charge in [-0.05, 0) is 0 Å². The summed E-state index contributed by atoms with van der Waals surface area (Å²) in [6.07, 6.45) is -0.878. The summed E-state index contributed by atoms with van der Waals surface area (Å²) >= 11 is 0. The highest BCUT2D eigenvalue weighted by molar-refractivity contribution is 5.19. The van der Waals surface area contributed by atoms with Crippen molar-refractivity contribution < 1.29 is 13.2 Å². The van der Waals surface area contributed by atoms with Crippen LogP contribution in [0, 0.1) is 23.3 Å². The zero-order valence-electron chi connectivity index (χ0n) is 5.76. The Balaban J connectivity index is 2.94. The Morgan fingerprint density at radius 1 is 1.67 bits per heavy atom. The number of nitrogens with zero attached hydrogens (tertiary/aromatic N) is 3. The molecular formula is C6H3F3N3. The van der Waals surface area contributed by atoms with Crippen LogP contribution in [0.5, 0.6) is 0 Å². The highest BCUT2D eigenvalue weighted by atomic mass is 19.3. The molecule has 0 unspecified atom stereocenters. The first kappa shape index (κ1) is 8.59. The molecule has 3 nitrogen and oxygen atoms in total. The number of rotatable bonds is 2. The van der Waals surface area contributed by atoms with E-state index in [1.54, 1.807) is 6.20 Å². The number of halogens is 3. The molecule has 0 amide bonds. The summed E-state index contributed by atoms with van der Waals surface area (Å²) in [5, 5.41) is 11.4. The minimum atomic E-state index is -2.66. The van der Waals surface area contributed by atoms with Crippen LogP contribution in [0.1, 0.15) is 5.69 Å². The standard InChI is InChI=1S/C6H3F3N3/c7-4-2-11-12(3-6(8)9)5(4)1-10/h6H,3H2. The van der Waals surface area contributed by atoms with Crippen LogP contribution in [-0.4, -0.2) is 16.2 Å². The smallest absolute Gasteiger partial charge is 0.246 e. The largest absolute Gasteiger partial charge is 0.257 e. The maximum absolute atomic E-state index is 12.5. The molecule has 0 saturated heterocycles. The van der Waals surface area contributed by atoms with Crippen LogP contribution < -0.4 is 0 Å². The minimum absolute atomic E-state index is 0.518. The van der Waals surface area contributed by atoms with E-state index in [1.165, 1.54) is 6.07 Å². The van der Waals surface area contributed by atoms with E-state index in [0.29, 0.717) is 4.68 Å². The molecule has 0 aliphatic heterocycles. The molecule has 0 saturated carbocycles. The van der Waals surface area contributed by atoms with Crippen LogP contribution in [0.15, 0.2) is 0 Å². The van der Waals surface area contributed by atoms with Gasteiger partial charge in [0.1, 0.15) is 12.6 Å². The Hall–Kier alpha value is -1.51. The molecule has 0 aliphatic carbocycles. The Morgan fingerprint density at radius 2 is 2.33 bits per heavy atom. The van der Waals surface area contributed by atoms with Crippen LogP contribution in [0.25, 0.3) is 0 Å². The van der Waals surface area contributed by atoms with Crippen LogP contribution >= 0.6 is 0 Å². The van der Waals surface area contributed by atoms with Crippen molar-refractivity contribution in [1.82, 2.24) is 9.78 Å². The van der Waals surface area contributed by atoms with E-state index in [0.717, 1.165) is 0 Å². The van der Waals surface area contributed by atoms with Crippen LogP contribution in [-0.2, 0) is 6.54 Å². The number of nitriles is 1. The fourth-order valence-corrected chi connectivity index (χ4v) is 0.690. The zero-order valence-corrected chi connectivity index (χ0v) is 5.76. The van der Waals surface area contributed by atoms with Crippen LogP contribution in [0.4, 0.5) is 13.2 Å². The molecule has 0 bridgehead atoms. The molecule has 1 aromatic rings. The Bertz CT molecular complexity index is 312. The van der Waals surface area contributed by atoms with Gasteiger partial charge in [-0.15, -0.1) is 0 Å². The first-order valence-electron chi connectivity index (χ1n) is 2.97. The third kappa shape index (κ3) is 1.56. The lowest BCUT2D eigenvalue weighted by atomic mass is 10.4. The van der Waals surface area contributed by atoms with E-state index in [-0.39, 0.29) is 0 Å². The lowest BCUT2D eigenvalue weighted by Crippen LogP contribution is -2.10. The average Bonchev–Trinajstić information content (AvgIpc) is 2.30. The summed E-state index contributed by atoms with van der Waals surface area (Å²) < 4.78 is 36.5. The summed E-state index contributed by atoms with van der Waals surface area (Å²) in [5.74, 6) is -1.00. The molecule has 1 aromatic heterocycles. The molecule has 0 N–H and O–H groups in total. The van der Waals surface area contributed by atoms with Crippen LogP contribution in [0.2, 0.25) is 0 Å². The van der Waals surface area contributed by atoms with Gasteiger partial charge in [-0.25, -0.2) is 17.9 Å². The minimum Gasteiger partial charge on any atom is -0.246 e. The monoisotopic (exact) mass is 174 g/mol. The zero-order chi connectivity index (χ0) is 9.14. The molecule has 1 heterocycles. The number of aromatic nitrogens is 2. The Labute approximate surface area is 66.0 Å². The molecule has 63 valence electrons. The normalized spacial score (nSPS) is 10.2. The second kappa shape index (κ2) is 3.26. The Morgan fingerprint density at radius 3 is 2.83 bits per heavy atom. The lowest BCUT2D eigenvalue weighted by molar-refractivity contribution is 0.121. The van der Waals surface area contributed by atoms with Gasteiger partial charge in [-0.2, -0.15) is 10.4 Å². The molecule has 6 heteroatoms. The summed E-state index contributed by atoms with van der Waals surface area (Å²) in [4.78, 5) is 0. The summed E-state index contributed by atoms with van der Waals surface area (Å²) in [6.45, 7) is -0.788. The molecule has 1 rings (SSSR count). The average molecular weight is 174 g/mol. The van der Waals surface area contributed by atoms with Gasteiger partial charge in [0.05, 0.1) is 0 Å². The molecule has 0 atom stereocenters. The molecule has 12 heavy (non-hydrogen) atoms. The van der Waals surface area contributed by atoms with Gasteiger partial charge in [0.25, 0.3) is 6.43 Å². The topological polar surface area (TPSA) is 41.6 Å². The van der Waals surface area contributed by atoms with Crippen molar-refractivity contribution in [3.63, 3.8) is 0 Å². The van der Waals surface area contributed by atoms with Crippen molar-refractivity contribution in [2.24, 2.45) is 0 Å². The fourth-order valence-electron chi connectivity index (χ4n) is 0.690. The van der Waals surface area contributed by atoms with Gasteiger partial charge in [0, 0.05) is 0 Å².